The Balaban J connectivity index is 2.51. The summed E-state index contributed by atoms with van der Waals surface area (Å²) >= 11 is 3.49. The van der Waals surface area contributed by atoms with E-state index < -0.39 is 0 Å². The van der Waals surface area contributed by atoms with Crippen molar-refractivity contribution in [3.63, 3.8) is 0 Å². The first kappa shape index (κ1) is 11.4. The molecule has 1 N–H and O–H groups in total. The van der Waals surface area contributed by atoms with Crippen LogP contribution in [0.15, 0.2) is 28.7 Å². The van der Waals surface area contributed by atoms with Crippen LogP contribution >= 0.6 is 15.9 Å². The van der Waals surface area contributed by atoms with Crippen LogP contribution in [0, 0.1) is 13.8 Å². The molecule has 0 atom stereocenters. The normalized spacial score (nSPS) is 11.3. The van der Waals surface area contributed by atoms with Gasteiger partial charge < -0.3 is 5.11 Å². The summed E-state index contributed by atoms with van der Waals surface area (Å²) in [6, 6.07) is 7.48. The smallest absolute Gasteiger partial charge is 0.143 e. The Morgan fingerprint density at radius 2 is 1.72 bits per heavy atom. The average molecular weight is 303 g/mol. The fourth-order valence-corrected chi connectivity index (χ4v) is 2.39. The molecular weight excluding hydrogens is 292 g/mol. The van der Waals surface area contributed by atoms with Crippen molar-refractivity contribution in [3.8, 4) is 5.75 Å². The molecule has 0 aliphatic rings. The van der Waals surface area contributed by atoms with Crippen LogP contribution in [0.5, 0.6) is 5.75 Å². The van der Waals surface area contributed by atoms with Crippen LogP contribution in [0.3, 0.4) is 0 Å². The fraction of sp³-hybridized carbons (Fsp3) is 0.143. The summed E-state index contributed by atoms with van der Waals surface area (Å²) in [6.45, 7) is 3.93. The third kappa shape index (κ3) is 1.64. The highest BCUT2D eigenvalue weighted by atomic mass is 79.9. The molecule has 0 aliphatic carbocycles. The van der Waals surface area contributed by atoms with E-state index in [9.17, 15) is 5.11 Å². The molecule has 0 radical (unpaired) electrons. The molecule has 0 spiro atoms. The molecule has 1 heterocycles. The summed E-state index contributed by atoms with van der Waals surface area (Å²) in [6.07, 6.45) is 0. The van der Waals surface area contributed by atoms with Crippen molar-refractivity contribution in [2.24, 2.45) is 0 Å². The summed E-state index contributed by atoms with van der Waals surface area (Å²) in [5, 5.41) is 9.92. The quantitative estimate of drug-likeness (QED) is 0.641. The molecule has 2 aromatic carbocycles. The molecule has 90 valence electrons. The van der Waals surface area contributed by atoms with Crippen molar-refractivity contribution in [2.75, 3.05) is 0 Å². The van der Waals surface area contributed by atoms with E-state index in [1.807, 2.05) is 32.0 Å². The molecule has 0 aliphatic heterocycles. The first-order valence-electron chi connectivity index (χ1n) is 5.62. The van der Waals surface area contributed by atoms with Gasteiger partial charge >= 0.3 is 0 Å². The van der Waals surface area contributed by atoms with E-state index in [1.165, 1.54) is 0 Å². The third-order valence-electron chi connectivity index (χ3n) is 3.02. The summed E-state index contributed by atoms with van der Waals surface area (Å²) in [4.78, 5) is 9.09. The van der Waals surface area contributed by atoms with Crippen molar-refractivity contribution < 1.29 is 5.11 Å². The minimum absolute atomic E-state index is 0.181. The molecule has 0 saturated carbocycles. The first-order valence-corrected chi connectivity index (χ1v) is 6.42. The minimum atomic E-state index is 0.181. The first-order chi connectivity index (χ1) is 8.56. The van der Waals surface area contributed by atoms with Crippen LogP contribution < -0.4 is 0 Å². The maximum absolute atomic E-state index is 9.92. The molecule has 3 nitrogen and oxygen atoms in total. The fourth-order valence-electron chi connectivity index (χ4n) is 2.07. The molecule has 0 unspecified atom stereocenters. The molecule has 0 bridgehead atoms. The zero-order valence-corrected chi connectivity index (χ0v) is 11.6. The summed E-state index contributed by atoms with van der Waals surface area (Å²) < 4.78 is 1.01. The molecule has 3 rings (SSSR count). The van der Waals surface area contributed by atoms with Crippen LogP contribution in [0.2, 0.25) is 0 Å². The average Bonchev–Trinajstić information content (AvgIpc) is 2.33. The van der Waals surface area contributed by atoms with E-state index in [0.29, 0.717) is 5.52 Å². The van der Waals surface area contributed by atoms with Crippen LogP contribution in [-0.4, -0.2) is 15.1 Å². The lowest BCUT2D eigenvalue weighted by Gasteiger charge is -2.07. The SMILES string of the molecule is Cc1cc(O)c2nc3ccc(Br)c(C)c3nc2c1. The van der Waals surface area contributed by atoms with Gasteiger partial charge in [0.25, 0.3) is 0 Å². The number of aromatic nitrogens is 2. The Kier molecular flexibility index (Phi) is 2.48. The van der Waals surface area contributed by atoms with Gasteiger partial charge in [0.15, 0.2) is 0 Å². The molecule has 3 aromatic rings. The number of hydrogen-bond acceptors (Lipinski definition) is 3. The molecule has 4 heteroatoms. The monoisotopic (exact) mass is 302 g/mol. The van der Waals surface area contributed by atoms with Gasteiger partial charge in [0.05, 0.1) is 16.6 Å². The molecule has 0 amide bonds. The zero-order valence-electron chi connectivity index (χ0n) is 10.0. The summed E-state index contributed by atoms with van der Waals surface area (Å²) in [5.41, 5.74) is 4.96. The maximum Gasteiger partial charge on any atom is 0.143 e. The predicted octanol–water partition coefficient (Wildman–Crippen LogP) is 3.87. The van der Waals surface area contributed by atoms with Crippen LogP contribution in [0.25, 0.3) is 22.1 Å². The second kappa shape index (κ2) is 3.92. The topological polar surface area (TPSA) is 46.0 Å². The second-order valence-electron chi connectivity index (χ2n) is 4.42. The lowest BCUT2D eigenvalue weighted by Crippen LogP contribution is -1.91. The van der Waals surface area contributed by atoms with Crippen molar-refractivity contribution in [1.29, 1.82) is 0 Å². The number of rotatable bonds is 0. The van der Waals surface area contributed by atoms with Crippen LogP contribution in [-0.2, 0) is 0 Å². The number of hydrogen-bond donors (Lipinski definition) is 1. The summed E-state index contributed by atoms with van der Waals surface area (Å²) in [7, 11) is 0. The van der Waals surface area contributed by atoms with Gasteiger partial charge in [-0.2, -0.15) is 0 Å². The van der Waals surface area contributed by atoms with Gasteiger partial charge in [-0.25, -0.2) is 9.97 Å². The van der Waals surface area contributed by atoms with E-state index in [-0.39, 0.29) is 5.75 Å². The molecule has 0 saturated heterocycles. The molecular formula is C14H11BrN2O. The number of aryl methyl sites for hydroxylation is 2. The van der Waals surface area contributed by atoms with Gasteiger partial charge in [0.2, 0.25) is 0 Å². The lowest BCUT2D eigenvalue weighted by molar-refractivity contribution is 0.480. The number of phenolic OH excluding ortho intramolecular Hbond substituents is 1. The van der Waals surface area contributed by atoms with Gasteiger partial charge in [-0.3, -0.25) is 0 Å². The maximum atomic E-state index is 9.92. The van der Waals surface area contributed by atoms with E-state index in [4.69, 9.17) is 0 Å². The number of benzene rings is 2. The number of phenols is 1. The van der Waals surface area contributed by atoms with E-state index in [1.54, 1.807) is 6.07 Å². The highest BCUT2D eigenvalue weighted by Crippen LogP contribution is 2.29. The molecule has 1 aromatic heterocycles. The van der Waals surface area contributed by atoms with Crippen molar-refractivity contribution >= 4 is 38.0 Å². The van der Waals surface area contributed by atoms with Gasteiger partial charge in [0.1, 0.15) is 11.3 Å². The predicted molar refractivity (Wildman–Crippen MR) is 75.9 cm³/mol. The lowest BCUT2D eigenvalue weighted by atomic mass is 10.1. The van der Waals surface area contributed by atoms with Crippen molar-refractivity contribution in [2.45, 2.75) is 13.8 Å². The van der Waals surface area contributed by atoms with Gasteiger partial charge in [-0.05, 0) is 49.2 Å². The van der Waals surface area contributed by atoms with Crippen LogP contribution in [0.1, 0.15) is 11.1 Å². The van der Waals surface area contributed by atoms with E-state index >= 15 is 0 Å². The number of halogens is 1. The van der Waals surface area contributed by atoms with Gasteiger partial charge in [0, 0.05) is 4.47 Å². The van der Waals surface area contributed by atoms with Crippen LogP contribution in [0.4, 0.5) is 0 Å². The Labute approximate surface area is 113 Å². The Morgan fingerprint density at radius 3 is 2.50 bits per heavy atom. The standard InChI is InChI=1S/C14H11BrN2O/c1-7-5-11-14(12(18)6-7)16-10-4-3-9(15)8(2)13(10)17-11/h3-6,18H,1-2H3. The Morgan fingerprint density at radius 1 is 1.00 bits per heavy atom. The third-order valence-corrected chi connectivity index (χ3v) is 3.88. The van der Waals surface area contributed by atoms with E-state index in [2.05, 4.69) is 25.9 Å². The molecule has 0 fully saturated rings. The van der Waals surface area contributed by atoms with Gasteiger partial charge in [-0.15, -0.1) is 0 Å². The highest BCUT2D eigenvalue weighted by molar-refractivity contribution is 9.10. The molecule has 18 heavy (non-hydrogen) atoms. The largest absolute Gasteiger partial charge is 0.506 e. The highest BCUT2D eigenvalue weighted by Gasteiger charge is 2.09. The summed E-state index contributed by atoms with van der Waals surface area (Å²) in [5.74, 6) is 0.181. The van der Waals surface area contributed by atoms with E-state index in [0.717, 1.165) is 32.1 Å². The zero-order chi connectivity index (χ0) is 12.9. The minimum Gasteiger partial charge on any atom is -0.506 e. The number of nitrogens with zero attached hydrogens (tertiary/aromatic N) is 2. The van der Waals surface area contributed by atoms with Crippen molar-refractivity contribution in [1.82, 2.24) is 9.97 Å². The van der Waals surface area contributed by atoms with Crippen molar-refractivity contribution in [3.05, 3.63) is 39.9 Å². The Hall–Kier alpha value is -1.68. The number of aromatic hydroxyl groups is 1. The second-order valence-corrected chi connectivity index (χ2v) is 5.27. The number of fused-ring (bicyclic) bond motifs is 2. The Bertz CT molecular complexity index is 784. The van der Waals surface area contributed by atoms with Gasteiger partial charge in [-0.1, -0.05) is 15.9 Å².